The maximum absolute atomic E-state index is 13.0. The van der Waals surface area contributed by atoms with Gasteiger partial charge in [-0.3, -0.25) is 9.89 Å². The number of likely N-dealkylation sites (tertiary alicyclic amines) is 1. The summed E-state index contributed by atoms with van der Waals surface area (Å²) in [5.74, 6) is 0.752. The molecule has 1 aliphatic heterocycles. The molecule has 5 rings (SSSR count). The van der Waals surface area contributed by atoms with E-state index in [0.717, 1.165) is 37.9 Å². The van der Waals surface area contributed by atoms with Crippen LogP contribution in [0.2, 0.25) is 0 Å². The molecule has 1 fully saturated rings. The van der Waals surface area contributed by atoms with Crippen LogP contribution in [0.4, 0.5) is 0 Å². The number of aromatic nitrogens is 5. The molecule has 7 heteroatoms. The number of benzene rings is 1. The number of hydrogen-bond acceptors (Lipinski definition) is 4. The third-order valence-electron chi connectivity index (χ3n) is 5.70. The lowest BCUT2D eigenvalue weighted by molar-refractivity contribution is 0.0787. The Hall–Kier alpha value is -2.96. The van der Waals surface area contributed by atoms with E-state index < -0.39 is 0 Å². The van der Waals surface area contributed by atoms with Crippen LogP contribution in [0.25, 0.3) is 11.4 Å². The zero-order valence-electron chi connectivity index (χ0n) is 15.1. The molecule has 2 aromatic heterocycles. The van der Waals surface area contributed by atoms with Gasteiger partial charge in [-0.2, -0.15) is 5.10 Å². The molecule has 1 unspecified atom stereocenters. The number of amides is 1. The average Bonchev–Trinajstić information content (AvgIpc) is 3.47. The summed E-state index contributed by atoms with van der Waals surface area (Å²) in [6.07, 6.45) is 9.12. The van der Waals surface area contributed by atoms with E-state index >= 15 is 0 Å². The van der Waals surface area contributed by atoms with Gasteiger partial charge >= 0.3 is 0 Å². The van der Waals surface area contributed by atoms with Crippen LogP contribution < -0.4 is 0 Å². The highest BCUT2D eigenvalue weighted by molar-refractivity contribution is 5.95. The Labute approximate surface area is 157 Å². The van der Waals surface area contributed by atoms with Gasteiger partial charge in [0.05, 0.1) is 18.1 Å². The van der Waals surface area contributed by atoms with Gasteiger partial charge in [0.15, 0.2) is 5.82 Å². The molecule has 1 aromatic carbocycles. The van der Waals surface area contributed by atoms with Crippen LogP contribution in [0.1, 0.15) is 47.1 Å². The minimum atomic E-state index is 0.0767. The number of aromatic amines is 1. The molecule has 3 aromatic rings. The van der Waals surface area contributed by atoms with Crippen LogP contribution in [0.15, 0.2) is 36.9 Å². The summed E-state index contributed by atoms with van der Waals surface area (Å²) in [6, 6.07) is 7.91. The number of nitrogens with one attached hydrogen (secondary N) is 1. The Morgan fingerprint density at radius 3 is 3.00 bits per heavy atom. The zero-order chi connectivity index (χ0) is 18.2. The number of nitrogens with zero attached hydrogens (tertiary/aromatic N) is 5. The minimum absolute atomic E-state index is 0.0767. The molecule has 3 heterocycles. The second-order valence-corrected chi connectivity index (χ2v) is 7.36. The Morgan fingerprint density at radius 2 is 2.11 bits per heavy atom. The summed E-state index contributed by atoms with van der Waals surface area (Å²) < 4.78 is 2.33. The molecule has 0 saturated carbocycles. The predicted molar refractivity (Wildman–Crippen MR) is 100 cm³/mol. The van der Waals surface area contributed by atoms with Crippen molar-refractivity contribution in [2.75, 3.05) is 13.1 Å². The average molecular weight is 362 g/mol. The second-order valence-electron chi connectivity index (χ2n) is 7.36. The first-order valence-electron chi connectivity index (χ1n) is 9.59. The monoisotopic (exact) mass is 362 g/mol. The van der Waals surface area contributed by atoms with Gasteiger partial charge in [0.25, 0.3) is 5.91 Å². The van der Waals surface area contributed by atoms with Crippen LogP contribution in [-0.2, 0) is 12.8 Å². The Morgan fingerprint density at radius 1 is 1.19 bits per heavy atom. The molecular formula is C20H22N6O. The predicted octanol–water partition coefficient (Wildman–Crippen LogP) is 2.63. The number of fused-ring (bicyclic) bond motifs is 1. The Balaban J connectivity index is 1.34. The lowest BCUT2D eigenvalue weighted by atomic mass is 10.0. The lowest BCUT2D eigenvalue weighted by Crippen LogP contribution is -2.29. The number of carbonyl (C=O) groups excluding carboxylic acids is 1. The van der Waals surface area contributed by atoms with Crippen molar-refractivity contribution in [1.29, 1.82) is 0 Å². The van der Waals surface area contributed by atoms with Crippen LogP contribution in [0.5, 0.6) is 0 Å². The number of imidazole rings is 1. The molecule has 27 heavy (non-hydrogen) atoms. The van der Waals surface area contributed by atoms with Crippen molar-refractivity contribution in [2.45, 2.75) is 38.1 Å². The normalized spacial score (nSPS) is 19.3. The molecule has 1 aliphatic carbocycles. The van der Waals surface area contributed by atoms with Gasteiger partial charge in [0.2, 0.25) is 0 Å². The Bertz CT molecular complexity index is 961. The van der Waals surface area contributed by atoms with Crippen molar-refractivity contribution in [3.8, 4) is 11.4 Å². The highest BCUT2D eigenvalue weighted by Gasteiger charge is 2.30. The van der Waals surface area contributed by atoms with Gasteiger partial charge < -0.3 is 9.47 Å². The number of aryl methyl sites for hydroxylation is 1. The smallest absolute Gasteiger partial charge is 0.253 e. The third kappa shape index (κ3) is 2.93. The van der Waals surface area contributed by atoms with E-state index in [4.69, 9.17) is 0 Å². The van der Waals surface area contributed by atoms with Crippen LogP contribution >= 0.6 is 0 Å². The van der Waals surface area contributed by atoms with Crippen molar-refractivity contribution in [3.63, 3.8) is 0 Å². The summed E-state index contributed by atoms with van der Waals surface area (Å²) >= 11 is 0. The molecule has 0 bridgehead atoms. The number of carbonyl (C=O) groups is 1. The van der Waals surface area contributed by atoms with E-state index in [-0.39, 0.29) is 5.91 Å². The SMILES string of the molecule is O=C(c1cccc(-c2ncn[nH]2)c1)N1CCC(n2cnc3c2CCCC3)C1. The van der Waals surface area contributed by atoms with E-state index in [1.807, 2.05) is 35.5 Å². The van der Waals surface area contributed by atoms with Gasteiger partial charge in [-0.15, -0.1) is 0 Å². The summed E-state index contributed by atoms with van der Waals surface area (Å²) in [5, 5.41) is 6.73. The molecule has 1 atom stereocenters. The second kappa shape index (κ2) is 6.64. The fraction of sp³-hybridized carbons (Fsp3) is 0.400. The fourth-order valence-corrected chi connectivity index (χ4v) is 4.29. The highest BCUT2D eigenvalue weighted by Crippen LogP contribution is 2.29. The van der Waals surface area contributed by atoms with Crippen molar-refractivity contribution in [1.82, 2.24) is 29.6 Å². The van der Waals surface area contributed by atoms with Gasteiger partial charge in [-0.1, -0.05) is 12.1 Å². The molecule has 0 spiro atoms. The molecule has 0 radical (unpaired) electrons. The molecular weight excluding hydrogens is 340 g/mol. The molecule has 1 saturated heterocycles. The summed E-state index contributed by atoms with van der Waals surface area (Å²) in [6.45, 7) is 1.52. The quantitative estimate of drug-likeness (QED) is 0.777. The van der Waals surface area contributed by atoms with Gasteiger partial charge in [-0.05, 0) is 44.2 Å². The van der Waals surface area contributed by atoms with Crippen molar-refractivity contribution < 1.29 is 4.79 Å². The topological polar surface area (TPSA) is 79.7 Å². The first kappa shape index (κ1) is 16.2. The van der Waals surface area contributed by atoms with Crippen LogP contribution in [0.3, 0.4) is 0 Å². The summed E-state index contributed by atoms with van der Waals surface area (Å²) in [7, 11) is 0. The first-order valence-corrected chi connectivity index (χ1v) is 9.59. The summed E-state index contributed by atoms with van der Waals surface area (Å²) in [5.41, 5.74) is 4.20. The molecule has 1 amide bonds. The fourth-order valence-electron chi connectivity index (χ4n) is 4.29. The number of hydrogen-bond donors (Lipinski definition) is 1. The number of H-pyrrole nitrogens is 1. The van der Waals surface area contributed by atoms with Crippen LogP contribution in [-0.4, -0.2) is 48.6 Å². The number of rotatable bonds is 3. The molecule has 138 valence electrons. The molecule has 7 nitrogen and oxygen atoms in total. The first-order chi connectivity index (χ1) is 13.3. The van der Waals surface area contributed by atoms with E-state index in [2.05, 4.69) is 24.7 Å². The third-order valence-corrected chi connectivity index (χ3v) is 5.70. The lowest BCUT2D eigenvalue weighted by Gasteiger charge is -2.20. The van der Waals surface area contributed by atoms with E-state index in [1.54, 1.807) is 0 Å². The van der Waals surface area contributed by atoms with Crippen molar-refractivity contribution >= 4 is 5.91 Å². The van der Waals surface area contributed by atoms with Crippen LogP contribution in [0, 0.1) is 0 Å². The standard InChI is InChI=1S/C20H22N6O/c27-20(15-5-3-4-14(10-15)19-21-12-23-24-19)25-9-8-16(11-25)26-13-22-17-6-1-2-7-18(17)26/h3-5,10,12-13,16H,1-2,6-9,11H2,(H,21,23,24). The molecule has 2 aliphatic rings. The van der Waals surface area contributed by atoms with E-state index in [9.17, 15) is 4.79 Å². The zero-order valence-corrected chi connectivity index (χ0v) is 15.1. The van der Waals surface area contributed by atoms with Gasteiger partial charge in [0.1, 0.15) is 6.33 Å². The highest BCUT2D eigenvalue weighted by atomic mass is 16.2. The Kier molecular flexibility index (Phi) is 3.99. The van der Waals surface area contributed by atoms with Crippen molar-refractivity contribution in [3.05, 3.63) is 53.9 Å². The van der Waals surface area contributed by atoms with Gasteiger partial charge in [0, 0.05) is 29.9 Å². The maximum atomic E-state index is 13.0. The van der Waals surface area contributed by atoms with Crippen molar-refractivity contribution in [2.24, 2.45) is 0 Å². The summed E-state index contributed by atoms with van der Waals surface area (Å²) in [4.78, 5) is 23.8. The van der Waals surface area contributed by atoms with E-state index in [0.29, 0.717) is 17.4 Å². The van der Waals surface area contributed by atoms with Gasteiger partial charge in [-0.25, -0.2) is 9.97 Å². The molecule has 1 N–H and O–H groups in total. The minimum Gasteiger partial charge on any atom is -0.336 e. The van der Waals surface area contributed by atoms with E-state index in [1.165, 1.54) is 30.6 Å². The largest absolute Gasteiger partial charge is 0.336 e. The maximum Gasteiger partial charge on any atom is 0.253 e.